The van der Waals surface area contributed by atoms with Crippen molar-refractivity contribution in [1.29, 1.82) is 0 Å². The minimum absolute atomic E-state index is 0.0136. The third kappa shape index (κ3) is 4.79. The summed E-state index contributed by atoms with van der Waals surface area (Å²) in [6.45, 7) is 7.79. The third-order valence-electron chi connectivity index (χ3n) is 5.53. The van der Waals surface area contributed by atoms with Gasteiger partial charge in [0.15, 0.2) is 0 Å². The Labute approximate surface area is 172 Å². The zero-order valence-corrected chi connectivity index (χ0v) is 17.2. The molecule has 0 aliphatic carbocycles. The number of nitrogens with one attached hydrogen (secondary N) is 1. The molecule has 0 saturated carbocycles. The average Bonchev–Trinajstić information content (AvgIpc) is 3.11. The van der Waals surface area contributed by atoms with Gasteiger partial charge < -0.3 is 19.7 Å². The highest BCUT2D eigenvalue weighted by atomic mass is 16.5. The number of nitrogens with zero attached hydrogens (tertiary/aromatic N) is 3. The Kier molecular flexibility index (Phi) is 6.46. The zero-order chi connectivity index (χ0) is 20.1. The summed E-state index contributed by atoms with van der Waals surface area (Å²) in [7, 11) is 0. The molecule has 1 aromatic carbocycles. The molecule has 2 aromatic rings. The summed E-state index contributed by atoms with van der Waals surface area (Å²) in [5.41, 5.74) is 5.47. The highest BCUT2D eigenvalue weighted by molar-refractivity contribution is 5.91. The lowest BCUT2D eigenvalue weighted by Gasteiger charge is -2.28. The van der Waals surface area contributed by atoms with Crippen LogP contribution in [0, 0.1) is 0 Å². The van der Waals surface area contributed by atoms with Gasteiger partial charge in [0.1, 0.15) is 0 Å². The fraction of sp³-hybridized carbons (Fsp3) is 0.545. The number of aryl methyl sites for hydroxylation is 2. The van der Waals surface area contributed by atoms with Crippen molar-refractivity contribution >= 4 is 17.3 Å². The van der Waals surface area contributed by atoms with Gasteiger partial charge in [-0.15, -0.1) is 0 Å². The fourth-order valence-electron chi connectivity index (χ4n) is 4.01. The Morgan fingerprint density at radius 3 is 2.69 bits per heavy atom. The Hall–Kier alpha value is -2.38. The summed E-state index contributed by atoms with van der Waals surface area (Å²) in [6, 6.07) is 8.05. The van der Waals surface area contributed by atoms with E-state index in [0.29, 0.717) is 19.4 Å². The largest absolute Gasteiger partial charge is 0.378 e. The first-order valence-corrected chi connectivity index (χ1v) is 10.6. The van der Waals surface area contributed by atoms with Gasteiger partial charge in [0.05, 0.1) is 32.1 Å². The van der Waals surface area contributed by atoms with E-state index in [9.17, 15) is 4.79 Å². The summed E-state index contributed by atoms with van der Waals surface area (Å²) in [4.78, 5) is 14.8. The molecule has 2 aliphatic heterocycles. The molecule has 0 spiro atoms. The molecule has 0 bridgehead atoms. The quantitative estimate of drug-likeness (QED) is 0.777. The predicted octanol–water partition coefficient (Wildman–Crippen LogP) is 2.77. The van der Waals surface area contributed by atoms with Crippen LogP contribution in [0.2, 0.25) is 0 Å². The fourth-order valence-corrected chi connectivity index (χ4v) is 4.01. The molecule has 1 saturated heterocycles. The van der Waals surface area contributed by atoms with E-state index in [4.69, 9.17) is 14.6 Å². The first kappa shape index (κ1) is 19.9. The van der Waals surface area contributed by atoms with Crippen molar-refractivity contribution in [3.05, 3.63) is 41.2 Å². The number of amides is 1. The molecule has 3 heterocycles. The number of rotatable bonds is 7. The van der Waals surface area contributed by atoms with Crippen molar-refractivity contribution < 1.29 is 14.3 Å². The van der Waals surface area contributed by atoms with E-state index < -0.39 is 0 Å². The van der Waals surface area contributed by atoms with Gasteiger partial charge in [-0.1, -0.05) is 6.92 Å². The number of carbonyl (C=O) groups is 1. The van der Waals surface area contributed by atoms with Crippen LogP contribution in [-0.2, 0) is 40.3 Å². The highest BCUT2D eigenvalue weighted by Crippen LogP contribution is 2.23. The molecule has 2 aliphatic rings. The molecule has 4 rings (SSSR count). The van der Waals surface area contributed by atoms with Crippen LogP contribution in [0.4, 0.5) is 11.4 Å². The Balaban J connectivity index is 1.33. The zero-order valence-electron chi connectivity index (χ0n) is 17.2. The number of hydrogen-bond acceptors (Lipinski definition) is 5. The number of carbonyl (C=O) groups excluding carboxylic acids is 1. The normalized spacial score (nSPS) is 16.5. The van der Waals surface area contributed by atoms with Gasteiger partial charge in [-0.05, 0) is 30.7 Å². The molecule has 1 amide bonds. The van der Waals surface area contributed by atoms with Crippen LogP contribution >= 0.6 is 0 Å². The lowest BCUT2D eigenvalue weighted by Crippen LogP contribution is -2.36. The van der Waals surface area contributed by atoms with Gasteiger partial charge >= 0.3 is 0 Å². The number of hydrogen-bond donors (Lipinski definition) is 1. The second-order valence-corrected chi connectivity index (χ2v) is 7.59. The van der Waals surface area contributed by atoms with Crippen LogP contribution in [0.5, 0.6) is 0 Å². The number of fused-ring (bicyclic) bond motifs is 1. The number of aromatic nitrogens is 2. The minimum Gasteiger partial charge on any atom is -0.378 e. The molecule has 1 fully saturated rings. The van der Waals surface area contributed by atoms with Crippen molar-refractivity contribution in [1.82, 2.24) is 9.78 Å². The standard InChI is InChI=1S/C22H30N4O3/c1-2-10-26-21-9-13-29-16-19(21)20(24-26)7-8-22(27)23-17-3-5-18(6-4-17)25-11-14-28-15-12-25/h3-6H,2,7-16H2,1H3,(H,23,27). The molecule has 7 heteroatoms. The summed E-state index contributed by atoms with van der Waals surface area (Å²) < 4.78 is 13.1. The van der Waals surface area contributed by atoms with Crippen LogP contribution in [0.1, 0.15) is 36.7 Å². The van der Waals surface area contributed by atoms with Crippen molar-refractivity contribution in [2.75, 3.05) is 43.1 Å². The molecule has 1 aromatic heterocycles. The van der Waals surface area contributed by atoms with E-state index >= 15 is 0 Å². The lowest BCUT2D eigenvalue weighted by molar-refractivity contribution is -0.116. The maximum atomic E-state index is 12.5. The molecule has 1 N–H and O–H groups in total. The van der Waals surface area contributed by atoms with Crippen LogP contribution in [0.3, 0.4) is 0 Å². The van der Waals surface area contributed by atoms with Gasteiger partial charge in [-0.3, -0.25) is 9.48 Å². The molecular weight excluding hydrogens is 368 g/mol. The number of ether oxygens (including phenoxy) is 2. The number of anilines is 2. The number of benzene rings is 1. The minimum atomic E-state index is 0.0136. The van der Waals surface area contributed by atoms with E-state index in [0.717, 1.165) is 63.7 Å². The summed E-state index contributed by atoms with van der Waals surface area (Å²) in [5.74, 6) is 0.0136. The Morgan fingerprint density at radius 2 is 1.93 bits per heavy atom. The topological polar surface area (TPSA) is 68.6 Å². The first-order valence-electron chi connectivity index (χ1n) is 10.6. The van der Waals surface area contributed by atoms with Crippen LogP contribution in [-0.4, -0.2) is 48.6 Å². The molecular formula is C22H30N4O3. The van der Waals surface area contributed by atoms with Crippen LogP contribution in [0.15, 0.2) is 24.3 Å². The van der Waals surface area contributed by atoms with Gasteiger partial charge in [0, 0.05) is 61.5 Å². The average molecular weight is 399 g/mol. The summed E-state index contributed by atoms with van der Waals surface area (Å²) in [6.07, 6.45) is 3.01. The highest BCUT2D eigenvalue weighted by Gasteiger charge is 2.21. The van der Waals surface area contributed by atoms with Crippen molar-refractivity contribution in [2.45, 2.75) is 45.8 Å². The second kappa shape index (κ2) is 9.41. The number of morpholine rings is 1. The molecule has 0 atom stereocenters. The lowest BCUT2D eigenvalue weighted by atomic mass is 10.1. The van der Waals surface area contributed by atoms with E-state index in [1.165, 1.54) is 16.9 Å². The smallest absolute Gasteiger partial charge is 0.224 e. The summed E-state index contributed by atoms with van der Waals surface area (Å²) >= 11 is 0. The van der Waals surface area contributed by atoms with Crippen molar-refractivity contribution in [3.63, 3.8) is 0 Å². The summed E-state index contributed by atoms with van der Waals surface area (Å²) in [5, 5.41) is 7.77. The van der Waals surface area contributed by atoms with Crippen molar-refractivity contribution in [3.8, 4) is 0 Å². The van der Waals surface area contributed by atoms with Crippen LogP contribution < -0.4 is 10.2 Å². The Morgan fingerprint density at radius 1 is 1.14 bits per heavy atom. The SMILES string of the molecule is CCCn1nc(CCC(=O)Nc2ccc(N3CCOCC3)cc2)c2c1CCOC2. The predicted molar refractivity (Wildman–Crippen MR) is 112 cm³/mol. The second-order valence-electron chi connectivity index (χ2n) is 7.59. The molecule has 29 heavy (non-hydrogen) atoms. The van der Waals surface area contributed by atoms with E-state index in [2.05, 4.69) is 34.0 Å². The van der Waals surface area contributed by atoms with Gasteiger partial charge in [-0.25, -0.2) is 0 Å². The van der Waals surface area contributed by atoms with E-state index in [1.54, 1.807) is 0 Å². The monoisotopic (exact) mass is 398 g/mol. The molecule has 7 nitrogen and oxygen atoms in total. The van der Waals surface area contributed by atoms with Gasteiger partial charge in [0.25, 0.3) is 0 Å². The maximum Gasteiger partial charge on any atom is 0.224 e. The first-order chi connectivity index (χ1) is 14.2. The molecule has 0 unspecified atom stereocenters. The molecule has 0 radical (unpaired) electrons. The van der Waals surface area contributed by atoms with Gasteiger partial charge in [0.2, 0.25) is 5.91 Å². The molecule has 156 valence electrons. The van der Waals surface area contributed by atoms with Crippen LogP contribution in [0.25, 0.3) is 0 Å². The van der Waals surface area contributed by atoms with E-state index in [-0.39, 0.29) is 5.91 Å². The van der Waals surface area contributed by atoms with E-state index in [1.807, 2.05) is 12.1 Å². The maximum absolute atomic E-state index is 12.5. The van der Waals surface area contributed by atoms with Crippen molar-refractivity contribution in [2.24, 2.45) is 0 Å². The van der Waals surface area contributed by atoms with Gasteiger partial charge in [-0.2, -0.15) is 5.10 Å². The third-order valence-corrected chi connectivity index (χ3v) is 5.53. The Bertz CT molecular complexity index is 825.